The van der Waals surface area contributed by atoms with Crippen molar-refractivity contribution >= 4 is 28.3 Å². The van der Waals surface area contributed by atoms with Crippen molar-refractivity contribution < 1.29 is 13.2 Å². The Balaban J connectivity index is 0.00000484. The molecular formula is C15H26ClN3O3S. The van der Waals surface area contributed by atoms with Crippen LogP contribution in [0.4, 0.5) is 0 Å². The van der Waals surface area contributed by atoms with Crippen molar-refractivity contribution in [2.75, 3.05) is 26.2 Å². The van der Waals surface area contributed by atoms with Gasteiger partial charge in [0.15, 0.2) is 0 Å². The number of nitrogens with zero attached hydrogens (tertiary/aromatic N) is 1. The molecule has 1 amide bonds. The van der Waals surface area contributed by atoms with Crippen LogP contribution in [0, 0.1) is 0 Å². The maximum absolute atomic E-state index is 12.3. The molecule has 0 spiro atoms. The predicted molar refractivity (Wildman–Crippen MR) is 94.4 cm³/mol. The molecule has 132 valence electrons. The molecule has 0 bridgehead atoms. The van der Waals surface area contributed by atoms with Gasteiger partial charge in [0.1, 0.15) is 0 Å². The van der Waals surface area contributed by atoms with Crippen LogP contribution in [-0.2, 0) is 10.0 Å². The summed E-state index contributed by atoms with van der Waals surface area (Å²) in [5.41, 5.74) is 5.84. The summed E-state index contributed by atoms with van der Waals surface area (Å²) in [7, 11) is -3.48. The molecule has 6 nitrogen and oxygen atoms in total. The lowest BCUT2D eigenvalue weighted by Crippen LogP contribution is -2.30. The zero-order valence-corrected chi connectivity index (χ0v) is 15.3. The molecule has 0 radical (unpaired) electrons. The molecule has 0 heterocycles. The minimum Gasteiger partial charge on any atom is -0.352 e. The number of nitrogens with two attached hydrogens (primary N) is 1. The molecule has 0 saturated heterocycles. The van der Waals surface area contributed by atoms with Crippen molar-refractivity contribution in [1.29, 1.82) is 0 Å². The van der Waals surface area contributed by atoms with Crippen molar-refractivity contribution in [2.45, 2.75) is 31.6 Å². The van der Waals surface area contributed by atoms with E-state index in [0.29, 0.717) is 31.7 Å². The standard InChI is InChI=1S/C15H25N3O3S.ClH/c1-3-18(4-2)22(20,21)14-9-7-13(8-10-14)15(19)17-12-6-5-11-16;/h7-10H,3-6,11-12,16H2,1-2H3,(H,17,19);1H. The third-order valence-electron chi connectivity index (χ3n) is 3.38. The Morgan fingerprint density at radius 1 is 1.13 bits per heavy atom. The first kappa shape index (κ1) is 21.9. The number of benzene rings is 1. The van der Waals surface area contributed by atoms with Crippen molar-refractivity contribution in [1.82, 2.24) is 9.62 Å². The van der Waals surface area contributed by atoms with E-state index < -0.39 is 10.0 Å². The highest BCUT2D eigenvalue weighted by molar-refractivity contribution is 7.89. The van der Waals surface area contributed by atoms with Crippen LogP contribution in [0.1, 0.15) is 37.0 Å². The fourth-order valence-electron chi connectivity index (χ4n) is 2.06. The first-order valence-electron chi connectivity index (χ1n) is 7.55. The molecule has 0 aliphatic carbocycles. The zero-order valence-electron chi connectivity index (χ0n) is 13.6. The van der Waals surface area contributed by atoms with Crippen LogP contribution in [-0.4, -0.2) is 44.8 Å². The number of carbonyl (C=O) groups excluding carboxylic acids is 1. The van der Waals surface area contributed by atoms with Gasteiger partial charge in [-0.15, -0.1) is 12.4 Å². The second-order valence-electron chi connectivity index (χ2n) is 4.87. The van der Waals surface area contributed by atoms with Gasteiger partial charge in [-0.1, -0.05) is 13.8 Å². The maximum Gasteiger partial charge on any atom is 0.251 e. The van der Waals surface area contributed by atoms with Crippen molar-refractivity contribution in [3.05, 3.63) is 29.8 Å². The Morgan fingerprint density at radius 3 is 2.17 bits per heavy atom. The van der Waals surface area contributed by atoms with Crippen molar-refractivity contribution in [3.8, 4) is 0 Å². The molecule has 0 unspecified atom stereocenters. The lowest BCUT2D eigenvalue weighted by Gasteiger charge is -2.18. The highest BCUT2D eigenvalue weighted by atomic mass is 35.5. The van der Waals surface area contributed by atoms with Gasteiger partial charge in [0, 0.05) is 25.2 Å². The summed E-state index contributed by atoms with van der Waals surface area (Å²) in [6.45, 7) is 5.60. The molecule has 23 heavy (non-hydrogen) atoms. The lowest BCUT2D eigenvalue weighted by atomic mass is 10.2. The van der Waals surface area contributed by atoms with E-state index in [1.165, 1.54) is 28.6 Å². The first-order chi connectivity index (χ1) is 10.5. The van der Waals surface area contributed by atoms with Crippen molar-refractivity contribution in [2.24, 2.45) is 5.73 Å². The average molecular weight is 364 g/mol. The molecule has 1 aromatic carbocycles. The molecular weight excluding hydrogens is 338 g/mol. The van der Waals surface area contributed by atoms with Gasteiger partial charge in [-0.2, -0.15) is 4.31 Å². The minimum absolute atomic E-state index is 0. The first-order valence-corrected chi connectivity index (χ1v) is 8.99. The molecule has 0 aromatic heterocycles. The Kier molecular flexibility index (Phi) is 10.1. The van der Waals surface area contributed by atoms with Gasteiger partial charge >= 0.3 is 0 Å². The van der Waals surface area contributed by atoms with Crippen molar-refractivity contribution in [3.63, 3.8) is 0 Å². The van der Waals surface area contributed by atoms with E-state index in [2.05, 4.69) is 5.32 Å². The van der Waals surface area contributed by atoms with Crippen LogP contribution in [0.2, 0.25) is 0 Å². The molecule has 1 rings (SSSR count). The quantitative estimate of drug-likeness (QED) is 0.652. The predicted octanol–water partition coefficient (Wildman–Crippen LogP) is 1.61. The Bertz CT molecular complexity index is 572. The second kappa shape index (κ2) is 10.6. The zero-order chi connectivity index (χ0) is 16.6. The number of sulfonamides is 1. The Morgan fingerprint density at radius 2 is 1.70 bits per heavy atom. The average Bonchev–Trinajstić information content (AvgIpc) is 2.52. The van der Waals surface area contributed by atoms with E-state index in [-0.39, 0.29) is 23.2 Å². The molecule has 0 atom stereocenters. The molecule has 0 fully saturated rings. The van der Waals surface area contributed by atoms with E-state index >= 15 is 0 Å². The number of nitrogens with one attached hydrogen (secondary N) is 1. The SMILES string of the molecule is CCN(CC)S(=O)(=O)c1ccc(C(=O)NCCCCN)cc1.Cl. The molecule has 0 aliphatic heterocycles. The Hall–Kier alpha value is -1.15. The van der Waals surface area contributed by atoms with Crippen LogP contribution in [0.5, 0.6) is 0 Å². The van der Waals surface area contributed by atoms with Gasteiger partial charge in [-0.3, -0.25) is 4.79 Å². The largest absolute Gasteiger partial charge is 0.352 e. The van der Waals surface area contributed by atoms with Gasteiger partial charge in [0.05, 0.1) is 4.90 Å². The van der Waals surface area contributed by atoms with Gasteiger partial charge in [-0.05, 0) is 43.7 Å². The summed E-state index contributed by atoms with van der Waals surface area (Å²) in [5.74, 6) is -0.205. The number of rotatable bonds is 9. The van der Waals surface area contributed by atoms with Crippen LogP contribution in [0.15, 0.2) is 29.2 Å². The van der Waals surface area contributed by atoms with Crippen LogP contribution < -0.4 is 11.1 Å². The molecule has 3 N–H and O–H groups in total. The van der Waals surface area contributed by atoms with Gasteiger partial charge in [0.25, 0.3) is 5.91 Å². The maximum atomic E-state index is 12.3. The summed E-state index contributed by atoms with van der Waals surface area (Å²) in [4.78, 5) is 12.1. The fraction of sp³-hybridized carbons (Fsp3) is 0.533. The smallest absolute Gasteiger partial charge is 0.251 e. The van der Waals surface area contributed by atoms with Crippen LogP contribution in [0.3, 0.4) is 0 Å². The van der Waals surface area contributed by atoms with E-state index in [1.54, 1.807) is 13.8 Å². The lowest BCUT2D eigenvalue weighted by molar-refractivity contribution is 0.0953. The summed E-state index contributed by atoms with van der Waals surface area (Å²) in [5, 5.41) is 2.78. The second-order valence-corrected chi connectivity index (χ2v) is 6.80. The Labute approximate surface area is 144 Å². The number of amides is 1. The summed E-state index contributed by atoms with van der Waals surface area (Å²) in [6, 6.07) is 6.02. The monoisotopic (exact) mass is 363 g/mol. The summed E-state index contributed by atoms with van der Waals surface area (Å²) < 4.78 is 26.1. The number of carbonyl (C=O) groups is 1. The molecule has 8 heteroatoms. The van der Waals surface area contributed by atoms with Gasteiger partial charge in [0.2, 0.25) is 10.0 Å². The highest BCUT2D eigenvalue weighted by Crippen LogP contribution is 2.16. The third kappa shape index (κ3) is 6.10. The molecule has 0 aliphatic rings. The van der Waals surface area contributed by atoms with Gasteiger partial charge < -0.3 is 11.1 Å². The van der Waals surface area contributed by atoms with Crippen LogP contribution >= 0.6 is 12.4 Å². The van der Waals surface area contributed by atoms with E-state index in [0.717, 1.165) is 12.8 Å². The van der Waals surface area contributed by atoms with E-state index in [9.17, 15) is 13.2 Å². The highest BCUT2D eigenvalue weighted by Gasteiger charge is 2.21. The van der Waals surface area contributed by atoms with Crippen LogP contribution in [0.25, 0.3) is 0 Å². The summed E-state index contributed by atoms with van der Waals surface area (Å²) >= 11 is 0. The number of halogens is 1. The molecule has 0 saturated carbocycles. The minimum atomic E-state index is -3.48. The van der Waals surface area contributed by atoms with E-state index in [1.807, 2.05) is 0 Å². The topological polar surface area (TPSA) is 92.5 Å². The fourth-order valence-corrected chi connectivity index (χ4v) is 3.52. The third-order valence-corrected chi connectivity index (χ3v) is 5.44. The number of unbranched alkanes of at least 4 members (excludes halogenated alkanes) is 1. The van der Waals surface area contributed by atoms with Gasteiger partial charge in [-0.25, -0.2) is 8.42 Å². The normalized spacial score (nSPS) is 11.1. The molecule has 1 aromatic rings. The number of hydrogen-bond acceptors (Lipinski definition) is 4. The van der Waals surface area contributed by atoms with E-state index in [4.69, 9.17) is 5.73 Å². The number of hydrogen-bond donors (Lipinski definition) is 2. The summed E-state index contributed by atoms with van der Waals surface area (Å²) in [6.07, 6.45) is 1.69.